The van der Waals surface area contributed by atoms with Crippen molar-refractivity contribution in [1.29, 1.82) is 0 Å². The maximum Gasteiger partial charge on any atom is 0.119 e. The fraction of sp³-hybridized carbons (Fsp3) is 0.588. The molecule has 0 aromatic heterocycles. The minimum atomic E-state index is 0.762. The maximum atomic E-state index is 5.58. The third-order valence-electron chi connectivity index (χ3n) is 3.75. The van der Waals surface area contributed by atoms with Gasteiger partial charge in [-0.1, -0.05) is 25.6 Å². The van der Waals surface area contributed by atoms with Crippen LogP contribution < -0.4 is 10.1 Å². The Bertz CT molecular complexity index is 427. The smallest absolute Gasteiger partial charge is 0.119 e. The molecule has 4 heteroatoms. The summed E-state index contributed by atoms with van der Waals surface area (Å²) in [5, 5.41) is 3.36. The first-order valence-corrected chi connectivity index (χ1v) is 8.44. The molecule has 0 unspecified atom stereocenters. The largest absolute Gasteiger partial charge is 0.494 e. The normalized spacial score (nSPS) is 15.7. The molecule has 21 heavy (non-hydrogen) atoms. The topological polar surface area (TPSA) is 24.5 Å². The van der Waals surface area contributed by atoms with Gasteiger partial charge in [-0.2, -0.15) is 0 Å². The lowest BCUT2D eigenvalue weighted by atomic mass is 10.1. The van der Waals surface area contributed by atoms with E-state index in [2.05, 4.69) is 17.1 Å². The van der Waals surface area contributed by atoms with E-state index in [4.69, 9.17) is 17.0 Å². The molecular formula is C17H26N2OS. The van der Waals surface area contributed by atoms with Crippen LogP contribution in [0, 0.1) is 0 Å². The highest BCUT2D eigenvalue weighted by molar-refractivity contribution is 7.80. The molecule has 2 rings (SSSR count). The van der Waals surface area contributed by atoms with Crippen LogP contribution in [-0.4, -0.2) is 42.7 Å². The van der Waals surface area contributed by atoms with Crippen LogP contribution in [0.2, 0.25) is 0 Å². The van der Waals surface area contributed by atoms with Crippen LogP contribution in [0.5, 0.6) is 5.75 Å². The summed E-state index contributed by atoms with van der Waals surface area (Å²) < 4.78 is 5.58. The van der Waals surface area contributed by atoms with Crippen molar-refractivity contribution < 1.29 is 4.74 Å². The SMILES string of the molecule is CCCOc1ccc(C(=S)NCCN2CCCCC2)cc1. The van der Waals surface area contributed by atoms with E-state index in [9.17, 15) is 0 Å². The predicted molar refractivity (Wildman–Crippen MR) is 92.2 cm³/mol. The van der Waals surface area contributed by atoms with Crippen molar-refractivity contribution in [3.05, 3.63) is 29.8 Å². The average molecular weight is 306 g/mol. The van der Waals surface area contributed by atoms with E-state index in [1.54, 1.807) is 0 Å². The van der Waals surface area contributed by atoms with Gasteiger partial charge in [0.2, 0.25) is 0 Å². The van der Waals surface area contributed by atoms with Gasteiger partial charge in [-0.05, 0) is 56.6 Å². The van der Waals surface area contributed by atoms with Crippen LogP contribution in [0.4, 0.5) is 0 Å². The average Bonchev–Trinajstić information content (AvgIpc) is 2.54. The van der Waals surface area contributed by atoms with Crippen molar-refractivity contribution in [2.24, 2.45) is 0 Å². The molecule has 0 spiro atoms. The quantitative estimate of drug-likeness (QED) is 0.782. The monoisotopic (exact) mass is 306 g/mol. The van der Waals surface area contributed by atoms with Gasteiger partial charge in [-0.25, -0.2) is 0 Å². The fourth-order valence-corrected chi connectivity index (χ4v) is 2.77. The number of likely N-dealkylation sites (tertiary alicyclic amines) is 1. The van der Waals surface area contributed by atoms with E-state index < -0.39 is 0 Å². The second-order valence-electron chi connectivity index (χ2n) is 5.53. The molecule has 3 nitrogen and oxygen atoms in total. The molecule has 0 atom stereocenters. The van der Waals surface area contributed by atoms with Gasteiger partial charge in [0.15, 0.2) is 0 Å². The van der Waals surface area contributed by atoms with E-state index in [0.29, 0.717) is 0 Å². The van der Waals surface area contributed by atoms with Gasteiger partial charge in [-0.15, -0.1) is 0 Å². The highest BCUT2D eigenvalue weighted by Crippen LogP contribution is 2.13. The van der Waals surface area contributed by atoms with Crippen LogP contribution in [0.1, 0.15) is 38.2 Å². The van der Waals surface area contributed by atoms with Crippen molar-refractivity contribution in [3.8, 4) is 5.75 Å². The number of thiocarbonyl (C=S) groups is 1. The first-order chi connectivity index (χ1) is 10.3. The predicted octanol–water partition coefficient (Wildman–Crippen LogP) is 3.23. The van der Waals surface area contributed by atoms with Gasteiger partial charge < -0.3 is 15.0 Å². The molecule has 0 aliphatic carbocycles. The first kappa shape index (κ1) is 16.2. The summed E-state index contributed by atoms with van der Waals surface area (Å²) in [6.45, 7) is 7.34. The Labute approximate surface area is 133 Å². The molecule has 1 fully saturated rings. The first-order valence-electron chi connectivity index (χ1n) is 8.03. The highest BCUT2D eigenvalue weighted by Gasteiger charge is 2.09. The number of rotatable bonds is 7. The number of nitrogens with zero attached hydrogens (tertiary/aromatic N) is 1. The molecule has 0 saturated carbocycles. The maximum absolute atomic E-state index is 5.58. The molecule has 0 amide bonds. The lowest BCUT2D eigenvalue weighted by Gasteiger charge is -2.26. The number of piperidine rings is 1. The Morgan fingerprint density at radius 1 is 1.19 bits per heavy atom. The number of ether oxygens (including phenoxy) is 1. The molecule has 0 bridgehead atoms. The van der Waals surface area contributed by atoms with Crippen molar-refractivity contribution in [2.75, 3.05) is 32.8 Å². The van der Waals surface area contributed by atoms with Crippen molar-refractivity contribution in [2.45, 2.75) is 32.6 Å². The van der Waals surface area contributed by atoms with E-state index >= 15 is 0 Å². The lowest BCUT2D eigenvalue weighted by molar-refractivity contribution is 0.232. The Hall–Kier alpha value is -1.13. The van der Waals surface area contributed by atoms with E-state index in [-0.39, 0.29) is 0 Å². The number of hydrogen-bond donors (Lipinski definition) is 1. The molecule has 0 radical (unpaired) electrons. The van der Waals surface area contributed by atoms with E-state index in [0.717, 1.165) is 42.4 Å². The van der Waals surface area contributed by atoms with Crippen LogP contribution in [0.25, 0.3) is 0 Å². The van der Waals surface area contributed by atoms with Gasteiger partial charge in [-0.3, -0.25) is 0 Å². The standard InChI is InChI=1S/C17H26N2OS/c1-2-14-20-16-8-6-15(7-9-16)17(21)18-10-13-19-11-4-3-5-12-19/h6-9H,2-5,10-14H2,1H3,(H,18,21). The molecule has 1 aromatic carbocycles. The summed E-state index contributed by atoms with van der Waals surface area (Å²) in [7, 11) is 0. The Kier molecular flexibility index (Phi) is 6.96. The summed E-state index contributed by atoms with van der Waals surface area (Å²) in [6.07, 6.45) is 5.08. The number of nitrogens with one attached hydrogen (secondary N) is 1. The number of benzene rings is 1. The summed E-state index contributed by atoms with van der Waals surface area (Å²) in [4.78, 5) is 3.34. The van der Waals surface area contributed by atoms with Gasteiger partial charge in [0.25, 0.3) is 0 Å². The summed E-state index contributed by atoms with van der Waals surface area (Å²) in [6, 6.07) is 8.04. The molecule has 1 saturated heterocycles. The minimum Gasteiger partial charge on any atom is -0.494 e. The summed E-state index contributed by atoms with van der Waals surface area (Å²) >= 11 is 5.45. The second kappa shape index (κ2) is 9.00. The Morgan fingerprint density at radius 3 is 2.57 bits per heavy atom. The van der Waals surface area contributed by atoms with Crippen molar-refractivity contribution in [3.63, 3.8) is 0 Å². The van der Waals surface area contributed by atoms with Crippen LogP contribution in [0.3, 0.4) is 0 Å². The van der Waals surface area contributed by atoms with Gasteiger partial charge in [0.05, 0.1) is 6.61 Å². The summed E-state index contributed by atoms with van der Waals surface area (Å²) in [5.41, 5.74) is 1.06. The van der Waals surface area contributed by atoms with Crippen LogP contribution >= 0.6 is 12.2 Å². The zero-order valence-electron chi connectivity index (χ0n) is 12.9. The minimum absolute atomic E-state index is 0.762. The summed E-state index contributed by atoms with van der Waals surface area (Å²) in [5.74, 6) is 0.914. The van der Waals surface area contributed by atoms with Crippen molar-refractivity contribution >= 4 is 17.2 Å². The molecule has 1 aliphatic rings. The van der Waals surface area contributed by atoms with E-state index in [1.165, 1.54) is 32.4 Å². The second-order valence-corrected chi connectivity index (χ2v) is 5.94. The van der Waals surface area contributed by atoms with Gasteiger partial charge >= 0.3 is 0 Å². The highest BCUT2D eigenvalue weighted by atomic mass is 32.1. The van der Waals surface area contributed by atoms with E-state index in [1.807, 2.05) is 24.3 Å². The molecular weight excluding hydrogens is 280 g/mol. The zero-order valence-corrected chi connectivity index (χ0v) is 13.8. The van der Waals surface area contributed by atoms with Crippen LogP contribution in [-0.2, 0) is 0 Å². The Morgan fingerprint density at radius 2 is 1.90 bits per heavy atom. The molecule has 116 valence electrons. The van der Waals surface area contributed by atoms with Gasteiger partial charge in [0.1, 0.15) is 10.7 Å². The van der Waals surface area contributed by atoms with Crippen LogP contribution in [0.15, 0.2) is 24.3 Å². The van der Waals surface area contributed by atoms with Gasteiger partial charge in [0, 0.05) is 18.7 Å². The van der Waals surface area contributed by atoms with Crippen molar-refractivity contribution in [1.82, 2.24) is 10.2 Å². The molecule has 1 aliphatic heterocycles. The zero-order chi connectivity index (χ0) is 14.9. The lowest BCUT2D eigenvalue weighted by Crippen LogP contribution is -2.37. The third-order valence-corrected chi connectivity index (χ3v) is 4.13. The number of hydrogen-bond acceptors (Lipinski definition) is 3. The third kappa shape index (κ3) is 5.64. The fourth-order valence-electron chi connectivity index (χ4n) is 2.54. The molecule has 1 N–H and O–H groups in total. The molecule has 1 aromatic rings. The molecule has 1 heterocycles. The Balaban J connectivity index is 1.72.